The number of hydrogen-bond acceptors (Lipinski definition) is 1. The first kappa shape index (κ1) is 35.1. The minimum absolute atomic E-state index is 0.472. The van der Waals surface area contributed by atoms with Crippen molar-refractivity contribution in [2.24, 2.45) is 0 Å². The Labute approximate surface area is 355 Å². The maximum atomic E-state index is 5.18. The molecule has 0 bridgehead atoms. The third kappa shape index (κ3) is 5.51. The molecule has 1 aromatic heterocycles. The Balaban J connectivity index is 1.10. The summed E-state index contributed by atoms with van der Waals surface area (Å²) in [5.41, 5.74) is 16.2. The van der Waals surface area contributed by atoms with Crippen molar-refractivity contribution in [2.45, 2.75) is 5.41 Å². The molecule has 0 saturated carbocycles. The highest BCUT2D eigenvalue weighted by Crippen LogP contribution is 2.57. The Kier molecular flexibility index (Phi) is 8.15. The van der Waals surface area contributed by atoms with Crippen LogP contribution in [-0.4, -0.2) is 4.98 Å². The van der Waals surface area contributed by atoms with E-state index in [0.29, 0.717) is 0 Å². The molecule has 0 amide bonds. The van der Waals surface area contributed by atoms with Crippen LogP contribution in [0.25, 0.3) is 88.2 Å². The third-order valence-corrected chi connectivity index (χ3v) is 12.9. The second-order valence-electron chi connectivity index (χ2n) is 16.2. The largest absolute Gasteiger partial charge is 0.248 e. The lowest BCUT2D eigenvalue weighted by molar-refractivity contribution is 0.769. The zero-order chi connectivity index (χ0) is 40.3. The predicted molar refractivity (Wildman–Crippen MR) is 256 cm³/mol. The van der Waals surface area contributed by atoms with E-state index in [1.54, 1.807) is 0 Å². The highest BCUT2D eigenvalue weighted by Gasteiger charge is 2.46. The zero-order valence-corrected chi connectivity index (χ0v) is 33.5. The summed E-state index contributed by atoms with van der Waals surface area (Å²) in [5, 5.41) is 7.52. The van der Waals surface area contributed by atoms with Crippen molar-refractivity contribution in [2.75, 3.05) is 0 Å². The molecule has 12 rings (SSSR count). The van der Waals surface area contributed by atoms with Gasteiger partial charge < -0.3 is 0 Å². The fraction of sp³-hybridized carbons (Fsp3) is 0.0167. The van der Waals surface area contributed by atoms with Gasteiger partial charge in [0.25, 0.3) is 0 Å². The number of fused-ring (bicyclic) bond motifs is 9. The Morgan fingerprint density at radius 2 is 0.754 bits per heavy atom. The van der Waals surface area contributed by atoms with Crippen molar-refractivity contribution in [3.63, 3.8) is 0 Å². The molecule has 0 spiro atoms. The molecule has 1 aliphatic carbocycles. The van der Waals surface area contributed by atoms with Crippen molar-refractivity contribution < 1.29 is 0 Å². The van der Waals surface area contributed by atoms with Crippen molar-refractivity contribution in [3.8, 4) is 55.9 Å². The molecular weight excluding hydrogens is 735 g/mol. The van der Waals surface area contributed by atoms with Gasteiger partial charge in [-0.1, -0.05) is 212 Å². The van der Waals surface area contributed by atoms with Crippen LogP contribution in [0.1, 0.15) is 22.3 Å². The van der Waals surface area contributed by atoms with Crippen molar-refractivity contribution in [1.82, 2.24) is 4.98 Å². The standard InChI is InChI=1S/C60H39N/c1-5-18-40(19-6-1)57-38-44(39-58(61-57)41-20-7-2-8-21-41)42-32-35-53-54(36-42)49-27-14-13-26-48(49)52-30-17-29-47(59(52)53)43-33-34-51-50-28-15-16-31-55(50)60(56(51)37-43,45-22-9-3-10-23-45)46-24-11-4-12-25-46/h1-39H. The van der Waals surface area contributed by atoms with Crippen molar-refractivity contribution in [1.29, 1.82) is 0 Å². The molecule has 0 atom stereocenters. The fourth-order valence-corrected chi connectivity index (χ4v) is 10.2. The van der Waals surface area contributed by atoms with Crippen molar-refractivity contribution >= 4 is 32.3 Å². The summed E-state index contributed by atoms with van der Waals surface area (Å²) in [4.78, 5) is 5.18. The van der Waals surface area contributed by atoms with Crippen LogP contribution in [0, 0.1) is 0 Å². The van der Waals surface area contributed by atoms with Gasteiger partial charge in [0.05, 0.1) is 16.8 Å². The molecule has 1 heterocycles. The first-order valence-corrected chi connectivity index (χ1v) is 21.1. The summed E-state index contributed by atoms with van der Waals surface area (Å²) in [7, 11) is 0. The number of hydrogen-bond donors (Lipinski definition) is 0. The van der Waals surface area contributed by atoms with E-state index in [2.05, 4.69) is 237 Å². The number of pyridine rings is 1. The number of nitrogens with zero attached hydrogens (tertiary/aromatic N) is 1. The van der Waals surface area contributed by atoms with E-state index >= 15 is 0 Å². The minimum atomic E-state index is -0.472. The van der Waals surface area contributed by atoms with Crippen LogP contribution in [0.3, 0.4) is 0 Å². The Bertz CT molecular complexity index is 3350. The van der Waals surface area contributed by atoms with Crippen LogP contribution in [0.2, 0.25) is 0 Å². The van der Waals surface area contributed by atoms with E-state index in [1.807, 2.05) is 0 Å². The second kappa shape index (κ2) is 14.2. The van der Waals surface area contributed by atoms with E-state index in [-0.39, 0.29) is 0 Å². The van der Waals surface area contributed by atoms with E-state index in [4.69, 9.17) is 4.98 Å². The predicted octanol–water partition coefficient (Wildman–Crippen LogP) is 15.6. The van der Waals surface area contributed by atoms with E-state index < -0.39 is 5.41 Å². The molecule has 1 nitrogen and oxygen atoms in total. The van der Waals surface area contributed by atoms with Gasteiger partial charge in [-0.15, -0.1) is 0 Å². The van der Waals surface area contributed by atoms with Gasteiger partial charge in [-0.2, -0.15) is 0 Å². The quantitative estimate of drug-likeness (QED) is 0.153. The van der Waals surface area contributed by atoms with Crippen LogP contribution in [0.5, 0.6) is 0 Å². The lowest BCUT2D eigenvalue weighted by atomic mass is 9.67. The summed E-state index contributed by atoms with van der Waals surface area (Å²) in [5.74, 6) is 0. The normalized spacial score (nSPS) is 12.7. The van der Waals surface area contributed by atoms with Gasteiger partial charge >= 0.3 is 0 Å². The summed E-state index contributed by atoms with van der Waals surface area (Å²) in [6.45, 7) is 0. The molecule has 1 heteroatoms. The molecule has 0 saturated heterocycles. The Morgan fingerprint density at radius 3 is 1.41 bits per heavy atom. The fourth-order valence-electron chi connectivity index (χ4n) is 10.2. The molecule has 61 heavy (non-hydrogen) atoms. The minimum Gasteiger partial charge on any atom is -0.248 e. The average molecular weight is 774 g/mol. The van der Waals surface area contributed by atoms with Gasteiger partial charge in [-0.25, -0.2) is 4.98 Å². The molecule has 11 aromatic rings. The summed E-state index contributed by atoms with van der Waals surface area (Å²) in [6.07, 6.45) is 0. The average Bonchev–Trinajstić information content (AvgIpc) is 3.65. The highest BCUT2D eigenvalue weighted by molar-refractivity contribution is 6.29. The highest BCUT2D eigenvalue weighted by atomic mass is 14.7. The first-order valence-electron chi connectivity index (χ1n) is 21.1. The van der Waals surface area contributed by atoms with E-state index in [0.717, 1.165) is 33.6 Å². The van der Waals surface area contributed by atoms with Gasteiger partial charge in [0, 0.05) is 11.1 Å². The third-order valence-electron chi connectivity index (χ3n) is 12.9. The smallest absolute Gasteiger partial charge is 0.0715 e. The Hall–Kier alpha value is -7.87. The van der Waals surface area contributed by atoms with Gasteiger partial charge in [0.2, 0.25) is 0 Å². The van der Waals surface area contributed by atoms with Crippen LogP contribution >= 0.6 is 0 Å². The number of aromatic nitrogens is 1. The van der Waals surface area contributed by atoms with Crippen LogP contribution in [0.4, 0.5) is 0 Å². The SMILES string of the molecule is c1ccc(-c2cc(-c3ccc4c(c3)c3ccccc3c3cccc(-c5ccc6c(c5)C(c5ccccc5)(c5ccccc5)c5ccccc5-6)c34)cc(-c3ccccc3)n2)cc1. The van der Waals surface area contributed by atoms with E-state index in [1.165, 1.54) is 76.8 Å². The zero-order valence-electron chi connectivity index (χ0n) is 33.5. The Morgan fingerprint density at radius 1 is 0.262 bits per heavy atom. The maximum Gasteiger partial charge on any atom is 0.0715 e. The van der Waals surface area contributed by atoms with Crippen LogP contribution in [-0.2, 0) is 5.41 Å². The summed E-state index contributed by atoms with van der Waals surface area (Å²) >= 11 is 0. The summed E-state index contributed by atoms with van der Waals surface area (Å²) < 4.78 is 0. The molecular formula is C60H39N. The van der Waals surface area contributed by atoms with Gasteiger partial charge in [-0.3, -0.25) is 0 Å². The monoisotopic (exact) mass is 773 g/mol. The topological polar surface area (TPSA) is 12.9 Å². The maximum absolute atomic E-state index is 5.18. The van der Waals surface area contributed by atoms with Gasteiger partial charge in [-0.05, 0) is 112 Å². The lowest BCUT2D eigenvalue weighted by Crippen LogP contribution is -2.28. The van der Waals surface area contributed by atoms with Gasteiger partial charge in [0.15, 0.2) is 0 Å². The number of benzene rings is 10. The molecule has 0 N–H and O–H groups in total. The molecule has 0 fully saturated rings. The first-order chi connectivity index (χ1) is 30.3. The molecule has 0 radical (unpaired) electrons. The summed E-state index contributed by atoms with van der Waals surface area (Å²) in [6, 6.07) is 86.7. The van der Waals surface area contributed by atoms with E-state index in [9.17, 15) is 0 Å². The molecule has 284 valence electrons. The van der Waals surface area contributed by atoms with Crippen LogP contribution < -0.4 is 0 Å². The van der Waals surface area contributed by atoms with Crippen LogP contribution in [0.15, 0.2) is 237 Å². The van der Waals surface area contributed by atoms with Crippen molar-refractivity contribution in [3.05, 3.63) is 259 Å². The molecule has 10 aromatic carbocycles. The van der Waals surface area contributed by atoms with Gasteiger partial charge in [0.1, 0.15) is 0 Å². The second-order valence-corrected chi connectivity index (χ2v) is 16.2. The lowest BCUT2D eigenvalue weighted by Gasteiger charge is -2.34. The number of rotatable bonds is 6. The molecule has 0 aliphatic heterocycles. The molecule has 1 aliphatic rings. The molecule has 0 unspecified atom stereocenters.